The molecule has 0 aliphatic rings. The molecule has 0 atom stereocenters. The highest BCUT2D eigenvalue weighted by Crippen LogP contribution is 1.62. The molecule has 0 spiro atoms. The van der Waals surface area contributed by atoms with Crippen molar-refractivity contribution in [3.8, 4) is 0 Å². The topological polar surface area (TPSA) is 92.5 Å². The summed E-state index contributed by atoms with van der Waals surface area (Å²) >= 11 is 0. The Labute approximate surface area is 42.7 Å². The molecule has 7 heavy (non-hydrogen) atoms. The number of hydrogen-bond donors (Lipinski definition) is 4. The Bertz CT molecular complexity index is 18.4. The van der Waals surface area contributed by atoms with Gasteiger partial charge in [0.2, 0.25) is 0 Å². The first kappa shape index (κ1) is 9.96. The van der Waals surface area contributed by atoms with Crippen LogP contribution in [0.3, 0.4) is 0 Å². The fraction of sp³-hybridized carbons (Fsp3) is 1.00. The fourth-order valence-electron chi connectivity index (χ4n) is 0.0913. The Balaban J connectivity index is 0. The van der Waals surface area contributed by atoms with Crippen molar-refractivity contribution in [3.63, 3.8) is 0 Å². The first-order chi connectivity index (χ1) is 3.41. The molecule has 0 fully saturated rings. The van der Waals surface area contributed by atoms with Gasteiger partial charge in [0, 0.05) is 6.61 Å². The summed E-state index contributed by atoms with van der Waals surface area (Å²) in [5, 5.41) is 14.5. The smallest absolute Gasteiger partial charge is 0.0443 e. The van der Waals surface area contributed by atoms with Gasteiger partial charge in [0.1, 0.15) is 0 Å². The van der Waals surface area contributed by atoms with Gasteiger partial charge in [-0.1, -0.05) is 0 Å². The van der Waals surface area contributed by atoms with Crippen molar-refractivity contribution in [1.82, 2.24) is 0 Å². The zero-order chi connectivity index (χ0) is 6.12. The Hall–Kier alpha value is -0.160. The molecule has 0 aromatic rings. The number of aliphatic hydroxyl groups excluding tert-OH is 1. The molecule has 0 heterocycles. The van der Waals surface area contributed by atoms with E-state index in [4.69, 9.17) is 16.0 Å². The normalized spacial score (nSPS) is 6.86. The number of rotatable bonds is 2. The van der Waals surface area contributed by atoms with Gasteiger partial charge in [0.15, 0.2) is 0 Å². The highest BCUT2D eigenvalue weighted by Gasteiger charge is 1.69. The molecule has 0 bridgehead atoms. The van der Waals surface area contributed by atoms with Gasteiger partial charge in [-0.3, -0.25) is 0 Å². The summed E-state index contributed by atoms with van der Waals surface area (Å²) in [5.74, 6) is 3.50. The highest BCUT2D eigenvalue weighted by atomic mass is 16.4. The Morgan fingerprint density at radius 1 is 1.29 bits per heavy atom. The van der Waals surface area contributed by atoms with E-state index < -0.39 is 0 Å². The molecule has 4 heteroatoms. The van der Waals surface area contributed by atoms with Crippen LogP contribution in [0, 0.1) is 0 Å². The Morgan fingerprint density at radius 3 is 1.71 bits per heavy atom. The molecule has 0 amide bonds. The molecule has 4 nitrogen and oxygen atoms in total. The van der Waals surface area contributed by atoms with Crippen LogP contribution in [0.2, 0.25) is 0 Å². The molecule has 46 valence electrons. The van der Waals surface area contributed by atoms with Crippen LogP contribution in [0.15, 0.2) is 0 Å². The zero-order valence-electron chi connectivity index (χ0n) is 4.17. The maximum atomic E-state index is 7.99. The fourth-order valence-corrected chi connectivity index (χ4v) is 0.0913. The minimum atomic E-state index is 0.219. The van der Waals surface area contributed by atoms with Crippen molar-refractivity contribution < 1.29 is 10.3 Å². The summed E-state index contributed by atoms with van der Waals surface area (Å²) in [4.78, 5) is 0. The van der Waals surface area contributed by atoms with Crippen molar-refractivity contribution in [2.75, 3.05) is 13.2 Å². The molecule has 0 saturated heterocycles. The van der Waals surface area contributed by atoms with E-state index in [-0.39, 0.29) is 6.61 Å². The van der Waals surface area contributed by atoms with Crippen LogP contribution in [0.25, 0.3) is 0 Å². The molecule has 0 radical (unpaired) electrons. The van der Waals surface area contributed by atoms with E-state index >= 15 is 0 Å². The summed E-state index contributed by atoms with van der Waals surface area (Å²) in [6.45, 7) is 0.812. The van der Waals surface area contributed by atoms with Gasteiger partial charge >= 0.3 is 0 Å². The second kappa shape index (κ2) is 17.0. The summed E-state index contributed by atoms with van der Waals surface area (Å²) in [6, 6.07) is 0. The average Bonchev–Trinajstić information content (AvgIpc) is 1.75. The van der Waals surface area contributed by atoms with Crippen LogP contribution in [0.4, 0.5) is 0 Å². The molecule has 0 aliphatic carbocycles. The van der Waals surface area contributed by atoms with Crippen molar-refractivity contribution in [1.29, 1.82) is 0 Å². The van der Waals surface area contributed by atoms with E-state index in [2.05, 4.69) is 5.90 Å². The number of aliphatic hydroxyl groups is 1. The van der Waals surface area contributed by atoms with Crippen LogP contribution < -0.4 is 11.6 Å². The van der Waals surface area contributed by atoms with Crippen molar-refractivity contribution in [2.24, 2.45) is 11.6 Å². The van der Waals surface area contributed by atoms with Crippen LogP contribution in [0.1, 0.15) is 6.42 Å². The van der Waals surface area contributed by atoms with Gasteiger partial charge in [-0.25, -0.2) is 5.90 Å². The van der Waals surface area contributed by atoms with Crippen molar-refractivity contribution in [2.45, 2.75) is 6.42 Å². The first-order valence-corrected chi connectivity index (χ1v) is 1.98. The van der Waals surface area contributed by atoms with Gasteiger partial charge < -0.3 is 16.0 Å². The van der Waals surface area contributed by atoms with Crippen molar-refractivity contribution in [3.05, 3.63) is 0 Å². The van der Waals surface area contributed by atoms with Gasteiger partial charge in [-0.05, 0) is 13.0 Å². The average molecular weight is 108 g/mol. The summed E-state index contributed by atoms with van der Waals surface area (Å²) in [7, 11) is 0. The van der Waals surface area contributed by atoms with Crippen LogP contribution in [0.5, 0.6) is 0 Å². The van der Waals surface area contributed by atoms with Crippen LogP contribution in [-0.2, 0) is 0 Å². The Kier molecular flexibility index (Phi) is 24.1. The second-order valence-electron chi connectivity index (χ2n) is 0.866. The summed E-state index contributed by atoms with van der Waals surface area (Å²) < 4.78 is 0. The third kappa shape index (κ3) is 25.4. The van der Waals surface area contributed by atoms with Gasteiger partial charge in [0.05, 0.1) is 0 Å². The lowest BCUT2D eigenvalue weighted by molar-refractivity contribution is 0.291. The molecule has 0 unspecified atom stereocenters. The van der Waals surface area contributed by atoms with E-state index in [1.165, 1.54) is 0 Å². The molecular formula is C3H12N2O2. The summed E-state index contributed by atoms with van der Waals surface area (Å²) in [5.41, 5.74) is 4.98. The van der Waals surface area contributed by atoms with E-state index in [0.29, 0.717) is 6.54 Å². The van der Waals surface area contributed by atoms with Gasteiger partial charge in [0.25, 0.3) is 0 Å². The van der Waals surface area contributed by atoms with Crippen LogP contribution in [-0.4, -0.2) is 23.5 Å². The van der Waals surface area contributed by atoms with E-state index in [1.807, 2.05) is 0 Å². The van der Waals surface area contributed by atoms with Crippen molar-refractivity contribution >= 4 is 0 Å². The van der Waals surface area contributed by atoms with Gasteiger partial charge in [-0.15, -0.1) is 0 Å². The molecule has 6 N–H and O–H groups in total. The second-order valence-corrected chi connectivity index (χ2v) is 0.866. The maximum absolute atomic E-state index is 7.99. The molecule has 0 saturated carbocycles. The SMILES string of the molecule is NCCCO.NO. The monoisotopic (exact) mass is 108 g/mol. The Morgan fingerprint density at radius 2 is 1.71 bits per heavy atom. The molecule has 0 aliphatic heterocycles. The lowest BCUT2D eigenvalue weighted by Gasteiger charge is -1.80. The minimum Gasteiger partial charge on any atom is -0.396 e. The predicted molar refractivity (Wildman–Crippen MR) is 26.7 cm³/mol. The van der Waals surface area contributed by atoms with E-state index in [1.54, 1.807) is 0 Å². The highest BCUT2D eigenvalue weighted by molar-refractivity contribution is 4.28. The molecule has 0 aromatic heterocycles. The quantitative estimate of drug-likeness (QED) is 0.329. The van der Waals surface area contributed by atoms with E-state index in [0.717, 1.165) is 6.42 Å². The zero-order valence-corrected chi connectivity index (χ0v) is 4.17. The minimum absolute atomic E-state index is 0.219. The largest absolute Gasteiger partial charge is 0.396 e. The predicted octanol–water partition coefficient (Wildman–Crippen LogP) is -1.34. The third-order valence-corrected chi connectivity index (χ3v) is 0.362. The standard InChI is InChI=1S/C3H9NO.H3NO/c4-2-1-3-5;1-2/h5H,1-4H2;2H,1H2. The third-order valence-electron chi connectivity index (χ3n) is 0.362. The number of nitrogens with two attached hydrogens (primary N) is 2. The van der Waals surface area contributed by atoms with Gasteiger partial charge in [-0.2, -0.15) is 0 Å². The summed E-state index contributed by atoms with van der Waals surface area (Å²) in [6.07, 6.45) is 0.722. The molecule has 0 rings (SSSR count). The van der Waals surface area contributed by atoms with E-state index in [9.17, 15) is 0 Å². The lowest BCUT2D eigenvalue weighted by atomic mass is 10.5. The lowest BCUT2D eigenvalue weighted by Crippen LogP contribution is -1.99. The molecular weight excluding hydrogens is 96.0 g/mol. The maximum Gasteiger partial charge on any atom is 0.0443 e. The van der Waals surface area contributed by atoms with Crippen LogP contribution >= 0.6 is 0 Å². The number of hydrogen-bond acceptors (Lipinski definition) is 4. The first-order valence-electron chi connectivity index (χ1n) is 1.98. The molecule has 0 aromatic carbocycles.